The predicted octanol–water partition coefficient (Wildman–Crippen LogP) is 6.14. The van der Waals surface area contributed by atoms with Crippen LogP contribution >= 0.6 is 0 Å². The summed E-state index contributed by atoms with van der Waals surface area (Å²) in [5.41, 5.74) is 2.35. The van der Waals surface area contributed by atoms with E-state index in [9.17, 15) is 24.0 Å². The first-order chi connectivity index (χ1) is 31.9. The van der Waals surface area contributed by atoms with Crippen molar-refractivity contribution in [2.45, 2.75) is 94.5 Å². The molecule has 1 aromatic heterocycles. The number of anilines is 1. The fraction of sp³-hybridized carbons (Fsp3) is 0.460. The number of imide groups is 2. The number of piperidine rings is 2. The Labute approximate surface area is 383 Å². The van der Waals surface area contributed by atoms with Crippen molar-refractivity contribution >= 4 is 51.8 Å². The summed E-state index contributed by atoms with van der Waals surface area (Å²) in [6.45, 7) is 11.6. The molecule has 0 bridgehead atoms. The molecule has 2 saturated carbocycles. The molecule has 3 aromatic carbocycles. The van der Waals surface area contributed by atoms with Crippen LogP contribution in [0.1, 0.15) is 95.3 Å². The van der Waals surface area contributed by atoms with Crippen molar-refractivity contribution in [3.05, 3.63) is 101 Å². The van der Waals surface area contributed by atoms with Crippen molar-refractivity contribution in [1.82, 2.24) is 30.3 Å². The lowest BCUT2D eigenvalue weighted by molar-refractivity contribution is -0.136. The lowest BCUT2D eigenvalue weighted by Gasteiger charge is -2.45. The topological polar surface area (TPSA) is 158 Å². The van der Waals surface area contributed by atoms with Crippen LogP contribution in [0, 0.1) is 18.3 Å². The summed E-state index contributed by atoms with van der Waals surface area (Å²) >= 11 is 0. The number of aromatic nitrogens is 1. The lowest BCUT2D eigenvalue weighted by Crippen LogP contribution is -2.54. The third-order valence-corrected chi connectivity index (χ3v) is 13.9. The van der Waals surface area contributed by atoms with E-state index in [-0.39, 0.29) is 48.1 Å². The summed E-state index contributed by atoms with van der Waals surface area (Å²) < 4.78 is 28.4. The monoisotopic (exact) mass is 898 g/mol. The molecule has 16 heteroatoms. The van der Waals surface area contributed by atoms with Gasteiger partial charge < -0.3 is 24.6 Å². The highest BCUT2D eigenvalue weighted by Gasteiger charge is 2.45. The number of nitrogens with one attached hydrogen (secondary N) is 2. The molecular formula is C50H55FN8O7. The zero-order chi connectivity index (χ0) is 46.1. The molecule has 344 valence electrons. The Bertz CT molecular complexity index is 2580. The van der Waals surface area contributed by atoms with Crippen molar-refractivity contribution in [3.8, 4) is 11.5 Å². The van der Waals surface area contributed by atoms with Crippen LogP contribution in [-0.2, 0) is 9.59 Å². The van der Waals surface area contributed by atoms with Gasteiger partial charge >= 0.3 is 0 Å². The van der Waals surface area contributed by atoms with Crippen LogP contribution in [-0.4, -0.2) is 126 Å². The smallest absolute Gasteiger partial charge is 0.262 e. The van der Waals surface area contributed by atoms with E-state index in [0.29, 0.717) is 59.0 Å². The molecule has 5 amide bonds. The molecule has 2 saturated heterocycles. The number of likely N-dealkylation sites (N-methyl/N-ethyl adjacent to an activating group) is 1. The molecule has 3 aliphatic heterocycles. The largest absolute Gasteiger partial charge is 0.490 e. The molecule has 5 aliphatic rings. The Kier molecular flexibility index (Phi) is 13.0. The van der Waals surface area contributed by atoms with Gasteiger partial charge in [-0.1, -0.05) is 6.07 Å². The van der Waals surface area contributed by atoms with Crippen molar-refractivity contribution in [1.29, 1.82) is 0 Å². The van der Waals surface area contributed by atoms with Gasteiger partial charge in [-0.2, -0.15) is 0 Å². The Balaban J connectivity index is 0.733. The van der Waals surface area contributed by atoms with Crippen LogP contribution in [0.25, 0.3) is 15.7 Å². The SMILES string of the molecule is [C-]#[N+]c1ccc(OC2CCC(NC(=O)c3ccc(N4CCC(CN(CCN(C)C)C5CC(Oc6ccc7c(c6)C(=O)N(C6CCC(=O)NC6=O)C7=O)C5)CC4)c(F)c3)CC2)c2cccnc12. The van der Waals surface area contributed by atoms with Gasteiger partial charge in [-0.15, -0.1) is 0 Å². The zero-order valence-electron chi connectivity index (χ0n) is 37.3. The quantitative estimate of drug-likeness (QED) is 0.111. The highest BCUT2D eigenvalue weighted by molar-refractivity contribution is 6.23. The van der Waals surface area contributed by atoms with Gasteiger partial charge in [0.2, 0.25) is 17.5 Å². The summed E-state index contributed by atoms with van der Waals surface area (Å²) in [5.74, 6) is -1.21. The van der Waals surface area contributed by atoms with E-state index in [1.54, 1.807) is 42.6 Å². The number of hydrogen-bond acceptors (Lipinski definition) is 11. The number of hydrogen-bond donors (Lipinski definition) is 2. The number of pyridine rings is 1. The molecule has 1 atom stereocenters. The highest BCUT2D eigenvalue weighted by atomic mass is 19.1. The van der Waals surface area contributed by atoms with Gasteiger partial charge in [-0.25, -0.2) is 9.24 Å². The molecular weight excluding hydrogens is 844 g/mol. The van der Waals surface area contributed by atoms with Crippen molar-refractivity contribution in [2.24, 2.45) is 5.92 Å². The van der Waals surface area contributed by atoms with Gasteiger partial charge in [0.05, 0.1) is 35.0 Å². The molecule has 0 spiro atoms. The normalized spacial score (nSPS) is 23.4. The molecule has 4 heterocycles. The Morgan fingerprint density at radius 2 is 1.67 bits per heavy atom. The highest BCUT2D eigenvalue weighted by Crippen LogP contribution is 2.37. The summed E-state index contributed by atoms with van der Waals surface area (Å²) in [6.07, 6.45) is 8.20. The van der Waals surface area contributed by atoms with Crippen LogP contribution in [0.15, 0.2) is 66.9 Å². The second kappa shape index (κ2) is 19.2. The maximum Gasteiger partial charge on any atom is 0.262 e. The van der Waals surface area contributed by atoms with Gasteiger partial charge in [-0.3, -0.25) is 44.1 Å². The van der Waals surface area contributed by atoms with Gasteiger partial charge in [0.15, 0.2) is 0 Å². The van der Waals surface area contributed by atoms with E-state index in [1.807, 2.05) is 18.2 Å². The van der Waals surface area contributed by atoms with E-state index >= 15 is 4.39 Å². The minimum absolute atomic E-state index is 0.0232. The van der Waals surface area contributed by atoms with E-state index in [0.717, 1.165) is 81.3 Å². The first-order valence-corrected chi connectivity index (χ1v) is 23.1. The molecule has 9 rings (SSSR count). The number of carbonyl (C=O) groups excluding carboxylic acids is 5. The van der Waals surface area contributed by atoms with Crippen LogP contribution < -0.4 is 25.0 Å². The number of nitrogens with zero attached hydrogens (tertiary/aromatic N) is 6. The van der Waals surface area contributed by atoms with Crippen LogP contribution in [0.4, 0.5) is 15.8 Å². The van der Waals surface area contributed by atoms with E-state index in [2.05, 4.69) is 49.3 Å². The van der Waals surface area contributed by atoms with Gasteiger partial charge in [0.25, 0.3) is 17.7 Å². The first-order valence-electron chi connectivity index (χ1n) is 23.1. The summed E-state index contributed by atoms with van der Waals surface area (Å²) in [4.78, 5) is 79.6. The Hall–Kier alpha value is -6.44. The third kappa shape index (κ3) is 9.45. The number of fused-ring (bicyclic) bond motifs is 2. The van der Waals surface area contributed by atoms with Crippen LogP contribution in [0.5, 0.6) is 11.5 Å². The average molecular weight is 899 g/mol. The fourth-order valence-corrected chi connectivity index (χ4v) is 10.1. The van der Waals surface area contributed by atoms with E-state index in [4.69, 9.17) is 16.0 Å². The number of benzene rings is 3. The standard InChI is InChI=1S/C50H55FN8O7/c1-52-41-13-16-44(38-5-4-20-53-46(38)41)66-34-9-7-32(8-10-34)54-47(61)31-6-14-42(40(51)25-31)57-21-18-30(19-22-57)29-58(24-23-56(2)3)33-26-36(27-33)65-35-11-12-37-39(28-35)50(64)59(49(37)63)43-15-17-45(60)55-48(43)62/h4-6,11-14,16,20,25,28,30,32-34,36,43H,7-10,15,17-19,21-24,26-27,29H2,2-3H3,(H,54,61)(H,55,60,62). The molecule has 4 fully saturated rings. The Morgan fingerprint density at radius 3 is 2.39 bits per heavy atom. The maximum atomic E-state index is 15.7. The van der Waals surface area contributed by atoms with Gasteiger partial charge in [0, 0.05) is 81.2 Å². The third-order valence-electron chi connectivity index (χ3n) is 13.9. The molecule has 1 unspecified atom stereocenters. The summed E-state index contributed by atoms with van der Waals surface area (Å²) in [7, 11) is 4.13. The van der Waals surface area contributed by atoms with Crippen LogP contribution in [0.3, 0.4) is 0 Å². The number of amides is 5. The van der Waals surface area contributed by atoms with Crippen molar-refractivity contribution in [3.63, 3.8) is 0 Å². The molecule has 4 aromatic rings. The minimum Gasteiger partial charge on any atom is -0.490 e. The summed E-state index contributed by atoms with van der Waals surface area (Å²) in [6, 6.07) is 16.2. The maximum absolute atomic E-state index is 15.7. The van der Waals surface area contributed by atoms with Crippen molar-refractivity contribution in [2.75, 3.05) is 51.7 Å². The van der Waals surface area contributed by atoms with Gasteiger partial charge in [-0.05, 0) is 120 Å². The number of halogens is 1. The first kappa shape index (κ1) is 44.7. The number of ether oxygens (including phenoxy) is 2. The number of rotatable bonds is 14. The second-order valence-electron chi connectivity index (χ2n) is 18.6. The van der Waals surface area contributed by atoms with E-state index < -0.39 is 35.5 Å². The fourth-order valence-electron chi connectivity index (χ4n) is 10.1. The molecule has 2 aliphatic carbocycles. The van der Waals surface area contributed by atoms with Crippen LogP contribution in [0.2, 0.25) is 0 Å². The minimum atomic E-state index is -1.02. The molecule has 66 heavy (non-hydrogen) atoms. The second-order valence-corrected chi connectivity index (χ2v) is 18.6. The van der Waals surface area contributed by atoms with Crippen molar-refractivity contribution < 1.29 is 37.8 Å². The number of carbonyl (C=O) groups is 5. The Morgan fingerprint density at radius 1 is 0.894 bits per heavy atom. The lowest BCUT2D eigenvalue weighted by atomic mass is 9.86. The predicted molar refractivity (Wildman–Crippen MR) is 244 cm³/mol. The summed E-state index contributed by atoms with van der Waals surface area (Å²) in [5, 5.41) is 6.15. The van der Waals surface area contributed by atoms with E-state index in [1.165, 1.54) is 6.07 Å². The zero-order valence-corrected chi connectivity index (χ0v) is 37.3. The van der Waals surface area contributed by atoms with Gasteiger partial charge in [0.1, 0.15) is 29.5 Å². The molecule has 0 radical (unpaired) electrons. The average Bonchev–Trinajstić information content (AvgIpc) is 3.54. The molecule has 15 nitrogen and oxygen atoms in total. The molecule has 2 N–H and O–H groups in total.